The van der Waals surface area contributed by atoms with Crippen molar-refractivity contribution in [1.29, 1.82) is 0 Å². The molecule has 0 aliphatic rings. The van der Waals surface area contributed by atoms with E-state index >= 15 is 0 Å². The lowest BCUT2D eigenvalue weighted by molar-refractivity contribution is 0.0602. The molecule has 0 radical (unpaired) electrons. The van der Waals surface area contributed by atoms with E-state index in [1.54, 1.807) is 35.6 Å². The molecule has 30 heavy (non-hydrogen) atoms. The third-order valence-corrected chi connectivity index (χ3v) is 5.17. The van der Waals surface area contributed by atoms with Crippen molar-refractivity contribution in [1.82, 2.24) is 10.1 Å². The standard InChI is InChI=1S/C21H17N3O5S/c1-12-22-17-9-13(7-8-19(17)30-12)28-11-14-10-18(24-29-14)20(25)23-16-6-4-3-5-15(16)21(26)27-2/h3-10H,11H2,1-2H3,(H,23,25). The minimum Gasteiger partial charge on any atom is -0.485 e. The normalized spacial score (nSPS) is 10.7. The molecule has 0 fully saturated rings. The van der Waals surface area contributed by atoms with Crippen molar-refractivity contribution >= 4 is 39.1 Å². The summed E-state index contributed by atoms with van der Waals surface area (Å²) in [5.41, 5.74) is 1.51. The highest BCUT2D eigenvalue weighted by molar-refractivity contribution is 7.18. The van der Waals surface area contributed by atoms with E-state index in [0.717, 1.165) is 15.2 Å². The summed E-state index contributed by atoms with van der Waals surface area (Å²) in [5, 5.41) is 7.41. The lowest BCUT2D eigenvalue weighted by atomic mass is 10.1. The van der Waals surface area contributed by atoms with E-state index < -0.39 is 11.9 Å². The van der Waals surface area contributed by atoms with Gasteiger partial charge in [-0.2, -0.15) is 0 Å². The van der Waals surface area contributed by atoms with Crippen LogP contribution < -0.4 is 10.1 Å². The van der Waals surface area contributed by atoms with Gasteiger partial charge in [0.2, 0.25) is 0 Å². The second-order valence-corrected chi connectivity index (χ2v) is 7.56. The summed E-state index contributed by atoms with van der Waals surface area (Å²) in [6, 6.07) is 13.7. The van der Waals surface area contributed by atoms with Gasteiger partial charge in [0.1, 0.15) is 12.4 Å². The summed E-state index contributed by atoms with van der Waals surface area (Å²) < 4.78 is 16.7. The molecular formula is C21H17N3O5S. The van der Waals surface area contributed by atoms with Gasteiger partial charge in [-0.1, -0.05) is 17.3 Å². The second kappa shape index (κ2) is 8.34. The quantitative estimate of drug-likeness (QED) is 0.463. The van der Waals surface area contributed by atoms with Crippen molar-refractivity contribution in [2.45, 2.75) is 13.5 Å². The van der Waals surface area contributed by atoms with Gasteiger partial charge in [0, 0.05) is 12.1 Å². The molecule has 1 N–H and O–H groups in total. The van der Waals surface area contributed by atoms with Gasteiger partial charge in [-0.15, -0.1) is 11.3 Å². The molecule has 0 aliphatic carbocycles. The summed E-state index contributed by atoms with van der Waals surface area (Å²) in [6.07, 6.45) is 0. The van der Waals surface area contributed by atoms with E-state index in [-0.39, 0.29) is 17.9 Å². The van der Waals surface area contributed by atoms with Gasteiger partial charge >= 0.3 is 5.97 Å². The first-order valence-electron chi connectivity index (χ1n) is 8.98. The van der Waals surface area contributed by atoms with Crippen LogP contribution in [-0.2, 0) is 11.3 Å². The zero-order valence-electron chi connectivity index (χ0n) is 16.2. The summed E-state index contributed by atoms with van der Waals surface area (Å²) in [5.74, 6) is -0.0358. The first kappa shape index (κ1) is 19.6. The average molecular weight is 423 g/mol. The molecule has 0 saturated carbocycles. The summed E-state index contributed by atoms with van der Waals surface area (Å²) in [4.78, 5) is 28.7. The van der Waals surface area contributed by atoms with Crippen LogP contribution in [0.25, 0.3) is 10.2 Å². The smallest absolute Gasteiger partial charge is 0.339 e. The Morgan fingerprint density at radius 1 is 1.17 bits per heavy atom. The number of methoxy groups -OCH3 is 1. The van der Waals surface area contributed by atoms with E-state index in [4.69, 9.17) is 14.0 Å². The molecule has 0 atom stereocenters. The number of benzene rings is 2. The molecule has 4 aromatic rings. The molecule has 8 nitrogen and oxygen atoms in total. The molecular weight excluding hydrogens is 406 g/mol. The molecule has 2 aromatic carbocycles. The number of hydrogen-bond acceptors (Lipinski definition) is 8. The van der Waals surface area contributed by atoms with Crippen molar-refractivity contribution in [3.63, 3.8) is 0 Å². The maximum Gasteiger partial charge on any atom is 0.339 e. The number of fused-ring (bicyclic) bond motifs is 1. The van der Waals surface area contributed by atoms with Crippen LogP contribution in [0.15, 0.2) is 53.1 Å². The van der Waals surface area contributed by atoms with E-state index in [9.17, 15) is 9.59 Å². The number of carbonyl (C=O) groups excluding carboxylic acids is 2. The fraction of sp³-hybridized carbons (Fsp3) is 0.143. The zero-order valence-corrected chi connectivity index (χ0v) is 17.0. The van der Waals surface area contributed by atoms with Gasteiger partial charge in [-0.05, 0) is 31.2 Å². The van der Waals surface area contributed by atoms with Gasteiger partial charge in [-0.25, -0.2) is 9.78 Å². The fourth-order valence-corrected chi connectivity index (χ4v) is 3.63. The van der Waals surface area contributed by atoms with E-state index in [1.165, 1.54) is 13.2 Å². The zero-order chi connectivity index (χ0) is 21.1. The number of ether oxygens (including phenoxy) is 2. The number of hydrogen-bond donors (Lipinski definition) is 1. The number of aryl methyl sites for hydroxylation is 1. The maximum absolute atomic E-state index is 12.5. The number of amides is 1. The van der Waals surface area contributed by atoms with Gasteiger partial charge in [0.05, 0.1) is 33.6 Å². The highest BCUT2D eigenvalue weighted by Gasteiger charge is 2.17. The molecule has 0 saturated heterocycles. The van der Waals surface area contributed by atoms with Gasteiger partial charge in [-0.3, -0.25) is 4.79 Å². The number of para-hydroxylation sites is 1. The van der Waals surface area contributed by atoms with Crippen molar-refractivity contribution in [2.75, 3.05) is 12.4 Å². The molecule has 2 aromatic heterocycles. The largest absolute Gasteiger partial charge is 0.485 e. The minimum atomic E-state index is -0.549. The van der Waals surface area contributed by atoms with Crippen LogP contribution in [0.1, 0.15) is 31.6 Å². The monoisotopic (exact) mass is 423 g/mol. The van der Waals surface area contributed by atoms with E-state index in [0.29, 0.717) is 17.2 Å². The number of anilines is 1. The van der Waals surface area contributed by atoms with Gasteiger partial charge in [0.15, 0.2) is 11.5 Å². The number of rotatable bonds is 6. The van der Waals surface area contributed by atoms with Crippen LogP contribution in [0.4, 0.5) is 5.69 Å². The average Bonchev–Trinajstić information content (AvgIpc) is 3.37. The Labute approximate surface area is 175 Å². The Bertz CT molecular complexity index is 1230. The topological polar surface area (TPSA) is 104 Å². The highest BCUT2D eigenvalue weighted by Crippen LogP contribution is 2.26. The molecule has 0 bridgehead atoms. The van der Waals surface area contributed by atoms with Gasteiger partial charge in [0.25, 0.3) is 5.91 Å². The minimum absolute atomic E-state index is 0.0684. The molecule has 152 valence electrons. The van der Waals surface area contributed by atoms with E-state index in [1.807, 2.05) is 25.1 Å². The predicted molar refractivity (Wildman–Crippen MR) is 111 cm³/mol. The molecule has 0 spiro atoms. The third-order valence-electron chi connectivity index (χ3n) is 4.22. The number of aromatic nitrogens is 2. The molecule has 0 aliphatic heterocycles. The van der Waals surface area contributed by atoms with Crippen molar-refractivity contribution in [2.24, 2.45) is 0 Å². The van der Waals surface area contributed by atoms with Crippen LogP contribution in [0, 0.1) is 6.92 Å². The van der Waals surface area contributed by atoms with Crippen molar-refractivity contribution in [3.05, 3.63) is 70.6 Å². The van der Waals surface area contributed by atoms with Crippen molar-refractivity contribution in [3.8, 4) is 5.75 Å². The Kier molecular flexibility index (Phi) is 5.44. The van der Waals surface area contributed by atoms with E-state index in [2.05, 4.69) is 15.5 Å². The molecule has 2 heterocycles. The molecule has 0 unspecified atom stereocenters. The molecule has 1 amide bonds. The van der Waals surface area contributed by atoms with Gasteiger partial charge < -0.3 is 19.3 Å². The van der Waals surface area contributed by atoms with Crippen molar-refractivity contribution < 1.29 is 23.6 Å². The van der Waals surface area contributed by atoms with Crippen LogP contribution in [0.3, 0.4) is 0 Å². The SMILES string of the molecule is COC(=O)c1ccccc1NC(=O)c1cc(COc2ccc3sc(C)nc3c2)on1. The third kappa shape index (κ3) is 4.15. The fourth-order valence-electron chi connectivity index (χ4n) is 2.82. The Hall–Kier alpha value is -3.72. The first-order chi connectivity index (χ1) is 14.5. The summed E-state index contributed by atoms with van der Waals surface area (Å²) in [6.45, 7) is 2.06. The van der Waals surface area contributed by atoms with Crippen LogP contribution >= 0.6 is 11.3 Å². The second-order valence-electron chi connectivity index (χ2n) is 6.32. The lowest BCUT2D eigenvalue weighted by Gasteiger charge is -2.07. The number of nitrogens with one attached hydrogen (secondary N) is 1. The van der Waals surface area contributed by atoms with Crippen LogP contribution in [-0.4, -0.2) is 29.1 Å². The predicted octanol–water partition coefficient (Wildman–Crippen LogP) is 4.21. The lowest BCUT2D eigenvalue weighted by Crippen LogP contribution is -2.15. The first-order valence-corrected chi connectivity index (χ1v) is 9.79. The maximum atomic E-state index is 12.5. The summed E-state index contributed by atoms with van der Waals surface area (Å²) in [7, 11) is 1.28. The van der Waals surface area contributed by atoms with Crippen LogP contribution in [0.2, 0.25) is 0 Å². The number of esters is 1. The van der Waals surface area contributed by atoms with Crippen LogP contribution in [0.5, 0.6) is 5.75 Å². The number of nitrogens with zero attached hydrogens (tertiary/aromatic N) is 2. The Morgan fingerprint density at radius 2 is 2.00 bits per heavy atom. The highest BCUT2D eigenvalue weighted by atomic mass is 32.1. The number of carbonyl (C=O) groups is 2. The Balaban J connectivity index is 1.42. The molecule has 4 rings (SSSR count). The summed E-state index contributed by atoms with van der Waals surface area (Å²) >= 11 is 1.62. The number of thiazole rings is 1. The molecule has 9 heteroatoms. The Morgan fingerprint density at radius 3 is 2.83 bits per heavy atom.